The largest absolute Gasteiger partial charge is 0.492 e. The van der Waals surface area contributed by atoms with Crippen molar-refractivity contribution in [2.24, 2.45) is 5.92 Å². The molecule has 0 radical (unpaired) electrons. The van der Waals surface area contributed by atoms with Crippen LogP contribution < -0.4 is 5.56 Å². The molecule has 0 spiro atoms. The zero-order chi connectivity index (χ0) is 10.0. The van der Waals surface area contributed by atoms with Gasteiger partial charge < -0.3 is 10.1 Å². The fourth-order valence-corrected chi connectivity index (χ4v) is 1.23. The molecule has 0 saturated heterocycles. The third-order valence-electron chi connectivity index (χ3n) is 1.50. The van der Waals surface area contributed by atoms with Gasteiger partial charge in [-0.15, -0.1) is 0 Å². The molecule has 2 N–H and O–H groups in total. The quantitative estimate of drug-likeness (QED) is 0.807. The maximum atomic E-state index is 11.2. The van der Waals surface area contributed by atoms with E-state index in [1.165, 1.54) is 0 Å². The minimum atomic E-state index is -0.274. The van der Waals surface area contributed by atoms with Crippen LogP contribution >= 0.6 is 22.6 Å². The number of hydrogen-bond acceptors (Lipinski definition) is 3. The number of nitrogens with one attached hydrogen (secondary N) is 1. The lowest BCUT2D eigenvalue weighted by molar-refractivity contribution is 0.440. The third kappa shape index (κ3) is 2.68. The van der Waals surface area contributed by atoms with Gasteiger partial charge in [-0.2, -0.15) is 4.98 Å². The van der Waals surface area contributed by atoms with Crippen molar-refractivity contribution in [3.8, 4) is 5.88 Å². The second kappa shape index (κ2) is 4.08. The second-order valence-corrected chi connectivity index (χ2v) is 4.33. The molecule has 1 aromatic rings. The van der Waals surface area contributed by atoms with Gasteiger partial charge in [0, 0.05) is 6.42 Å². The lowest BCUT2D eigenvalue weighted by atomic mass is 10.1. The van der Waals surface area contributed by atoms with E-state index in [0.29, 0.717) is 18.2 Å². The van der Waals surface area contributed by atoms with Crippen LogP contribution in [0.3, 0.4) is 0 Å². The summed E-state index contributed by atoms with van der Waals surface area (Å²) in [5.74, 6) is 0.764. The van der Waals surface area contributed by atoms with Gasteiger partial charge in [0.05, 0.1) is 0 Å². The summed E-state index contributed by atoms with van der Waals surface area (Å²) in [5, 5.41) is 9.26. The molecule has 0 unspecified atom stereocenters. The van der Waals surface area contributed by atoms with E-state index in [1.54, 1.807) is 22.6 Å². The van der Waals surface area contributed by atoms with Crippen LogP contribution in [0, 0.1) is 9.49 Å². The molecule has 0 bridgehead atoms. The van der Waals surface area contributed by atoms with E-state index in [9.17, 15) is 9.90 Å². The molecular weight excluding hydrogens is 283 g/mol. The molecule has 4 nitrogen and oxygen atoms in total. The summed E-state index contributed by atoms with van der Waals surface area (Å²) in [5.41, 5.74) is -0.274. The summed E-state index contributed by atoms with van der Waals surface area (Å²) >= 11 is 1.76. The predicted octanol–water partition coefficient (Wildman–Crippen LogP) is 1.28. The first-order valence-electron chi connectivity index (χ1n) is 3.98. The van der Waals surface area contributed by atoms with Crippen molar-refractivity contribution >= 4 is 22.6 Å². The van der Waals surface area contributed by atoms with Gasteiger partial charge in [-0.25, -0.2) is 0 Å². The van der Waals surface area contributed by atoms with E-state index in [4.69, 9.17) is 0 Å². The van der Waals surface area contributed by atoms with Gasteiger partial charge in [-0.3, -0.25) is 4.79 Å². The molecule has 1 rings (SSSR count). The fraction of sp³-hybridized carbons (Fsp3) is 0.500. The van der Waals surface area contributed by atoms with Gasteiger partial charge >= 0.3 is 0 Å². The Bertz CT molecular complexity index is 360. The number of aromatic nitrogens is 2. The molecule has 0 fully saturated rings. The molecule has 1 aromatic heterocycles. The van der Waals surface area contributed by atoms with E-state index in [2.05, 4.69) is 9.97 Å². The van der Waals surface area contributed by atoms with Crippen molar-refractivity contribution in [3.05, 3.63) is 19.7 Å². The number of rotatable bonds is 2. The van der Waals surface area contributed by atoms with Crippen LogP contribution in [0.25, 0.3) is 0 Å². The molecule has 0 aromatic carbocycles. The molecule has 0 saturated carbocycles. The summed E-state index contributed by atoms with van der Waals surface area (Å²) in [6.45, 7) is 4.05. The fourth-order valence-electron chi connectivity index (χ4n) is 0.976. The van der Waals surface area contributed by atoms with Gasteiger partial charge in [0.15, 0.2) is 0 Å². The summed E-state index contributed by atoms with van der Waals surface area (Å²) in [6, 6.07) is 0. The van der Waals surface area contributed by atoms with Crippen LogP contribution in [-0.4, -0.2) is 15.1 Å². The first-order valence-corrected chi connectivity index (χ1v) is 5.06. The van der Waals surface area contributed by atoms with Gasteiger partial charge in [-0.05, 0) is 28.5 Å². The molecular formula is C8H11IN2O2. The maximum absolute atomic E-state index is 11.2. The zero-order valence-corrected chi connectivity index (χ0v) is 9.62. The molecule has 0 atom stereocenters. The monoisotopic (exact) mass is 294 g/mol. The molecule has 0 aliphatic carbocycles. The SMILES string of the molecule is CC(C)Cc1nc(O)c(I)c(=O)[nH]1. The van der Waals surface area contributed by atoms with Crippen LogP contribution in [0.15, 0.2) is 4.79 Å². The van der Waals surface area contributed by atoms with Crippen molar-refractivity contribution in [3.63, 3.8) is 0 Å². The average Bonchev–Trinajstić information content (AvgIpc) is 1.98. The van der Waals surface area contributed by atoms with Crippen molar-refractivity contribution in [1.29, 1.82) is 0 Å². The van der Waals surface area contributed by atoms with E-state index >= 15 is 0 Å². The Morgan fingerprint density at radius 1 is 1.62 bits per heavy atom. The van der Waals surface area contributed by atoms with Crippen LogP contribution in [-0.2, 0) is 6.42 Å². The van der Waals surface area contributed by atoms with Gasteiger partial charge in [-0.1, -0.05) is 13.8 Å². The molecule has 0 aliphatic heterocycles. The second-order valence-electron chi connectivity index (χ2n) is 3.25. The minimum Gasteiger partial charge on any atom is -0.492 e. The minimum absolute atomic E-state index is 0.181. The Labute approximate surface area is 89.5 Å². The highest BCUT2D eigenvalue weighted by atomic mass is 127. The van der Waals surface area contributed by atoms with Crippen LogP contribution in [0.5, 0.6) is 5.88 Å². The first-order chi connectivity index (χ1) is 6.00. The summed E-state index contributed by atoms with van der Waals surface area (Å²) in [4.78, 5) is 17.7. The van der Waals surface area contributed by atoms with Crippen LogP contribution in [0.1, 0.15) is 19.7 Å². The topological polar surface area (TPSA) is 66.0 Å². The standard InChI is InChI=1S/C8H11IN2O2/c1-4(2)3-5-10-7(12)6(9)8(13)11-5/h4H,3H2,1-2H3,(H2,10,11,12,13). The zero-order valence-electron chi connectivity index (χ0n) is 7.47. The highest BCUT2D eigenvalue weighted by Crippen LogP contribution is 2.11. The van der Waals surface area contributed by atoms with E-state index in [1.807, 2.05) is 13.8 Å². The predicted molar refractivity (Wildman–Crippen MR) is 57.8 cm³/mol. The average molecular weight is 294 g/mol. The van der Waals surface area contributed by atoms with Crippen molar-refractivity contribution in [1.82, 2.24) is 9.97 Å². The number of aromatic hydroxyl groups is 1. The van der Waals surface area contributed by atoms with Crippen molar-refractivity contribution in [2.75, 3.05) is 0 Å². The Kier molecular flexibility index (Phi) is 3.29. The molecule has 5 heteroatoms. The number of nitrogens with zero attached hydrogens (tertiary/aromatic N) is 1. The molecule has 1 heterocycles. The summed E-state index contributed by atoms with van der Waals surface area (Å²) in [7, 11) is 0. The van der Waals surface area contributed by atoms with Gasteiger partial charge in [0.1, 0.15) is 9.39 Å². The molecule has 13 heavy (non-hydrogen) atoms. The summed E-state index contributed by atoms with van der Waals surface area (Å²) < 4.78 is 0.241. The van der Waals surface area contributed by atoms with Gasteiger partial charge in [0.2, 0.25) is 5.88 Å². The Morgan fingerprint density at radius 3 is 2.69 bits per heavy atom. The first kappa shape index (κ1) is 10.5. The lowest BCUT2D eigenvalue weighted by Crippen LogP contribution is -2.15. The molecule has 72 valence electrons. The van der Waals surface area contributed by atoms with Crippen LogP contribution in [0.2, 0.25) is 0 Å². The number of halogens is 1. The highest BCUT2D eigenvalue weighted by Gasteiger charge is 2.07. The smallest absolute Gasteiger partial charge is 0.268 e. The summed E-state index contributed by atoms with van der Waals surface area (Å²) in [6.07, 6.45) is 0.666. The van der Waals surface area contributed by atoms with E-state index in [0.717, 1.165) is 0 Å². The number of hydrogen-bond donors (Lipinski definition) is 2. The number of H-pyrrole nitrogens is 1. The maximum Gasteiger partial charge on any atom is 0.268 e. The van der Waals surface area contributed by atoms with E-state index in [-0.39, 0.29) is 15.0 Å². The third-order valence-corrected chi connectivity index (χ3v) is 2.47. The Hall–Kier alpha value is -0.590. The lowest BCUT2D eigenvalue weighted by Gasteiger charge is -2.04. The van der Waals surface area contributed by atoms with Crippen molar-refractivity contribution in [2.45, 2.75) is 20.3 Å². The number of aromatic amines is 1. The van der Waals surface area contributed by atoms with Gasteiger partial charge in [0.25, 0.3) is 5.56 Å². The van der Waals surface area contributed by atoms with Crippen LogP contribution in [0.4, 0.5) is 0 Å². The molecule has 0 amide bonds. The van der Waals surface area contributed by atoms with E-state index < -0.39 is 0 Å². The Morgan fingerprint density at radius 2 is 2.23 bits per heavy atom. The normalized spacial score (nSPS) is 10.8. The highest BCUT2D eigenvalue weighted by molar-refractivity contribution is 14.1. The van der Waals surface area contributed by atoms with Crippen molar-refractivity contribution < 1.29 is 5.11 Å². The Balaban J connectivity index is 3.06. The molecule has 0 aliphatic rings.